The highest BCUT2D eigenvalue weighted by atomic mass is 32.1. The molecule has 0 saturated carbocycles. The topological polar surface area (TPSA) is 54.0 Å². The van der Waals surface area contributed by atoms with Crippen LogP contribution < -0.4 is 10.6 Å². The number of rotatable bonds is 6. The van der Waals surface area contributed by atoms with Crippen molar-refractivity contribution in [1.82, 2.24) is 15.6 Å². The molecule has 0 aliphatic carbocycles. The smallest absolute Gasteiger partial charge is 0.222 e. The summed E-state index contributed by atoms with van der Waals surface area (Å²) < 4.78 is 0. The molecule has 17 heavy (non-hydrogen) atoms. The monoisotopic (exact) mass is 255 g/mol. The van der Waals surface area contributed by atoms with Crippen molar-refractivity contribution < 1.29 is 4.79 Å². The number of hydrogen-bond donors (Lipinski definition) is 2. The highest BCUT2D eigenvalue weighted by Gasteiger charge is 2.24. The number of carbonyl (C=O) groups excluding carboxylic acids is 1. The van der Waals surface area contributed by atoms with Gasteiger partial charge in [-0.2, -0.15) is 0 Å². The molecule has 0 aliphatic heterocycles. The van der Waals surface area contributed by atoms with E-state index in [0.717, 1.165) is 5.01 Å². The molecule has 1 amide bonds. The lowest BCUT2D eigenvalue weighted by molar-refractivity contribution is -0.122. The summed E-state index contributed by atoms with van der Waals surface area (Å²) in [5, 5.41) is 9.08. The molecule has 1 rings (SSSR count). The minimum Gasteiger partial charge on any atom is -0.345 e. The maximum Gasteiger partial charge on any atom is 0.222 e. The number of aromatic nitrogens is 1. The molecule has 2 N–H and O–H groups in total. The van der Waals surface area contributed by atoms with Crippen LogP contribution in [-0.2, 0) is 10.3 Å². The molecule has 0 radical (unpaired) electrons. The van der Waals surface area contributed by atoms with Crippen molar-refractivity contribution in [3.05, 3.63) is 16.6 Å². The van der Waals surface area contributed by atoms with Crippen LogP contribution in [0.25, 0.3) is 0 Å². The number of thiazole rings is 1. The predicted octanol–water partition coefficient (Wildman–Crippen LogP) is 1.88. The van der Waals surface area contributed by atoms with Gasteiger partial charge < -0.3 is 10.6 Å². The van der Waals surface area contributed by atoms with Crippen molar-refractivity contribution in [3.8, 4) is 0 Å². The molecule has 1 aromatic heterocycles. The Morgan fingerprint density at radius 2 is 2.24 bits per heavy atom. The summed E-state index contributed by atoms with van der Waals surface area (Å²) in [6.45, 7) is 8.78. The van der Waals surface area contributed by atoms with Gasteiger partial charge in [0.2, 0.25) is 5.91 Å². The van der Waals surface area contributed by atoms with Crippen LogP contribution in [0.15, 0.2) is 11.6 Å². The third kappa shape index (κ3) is 4.83. The quantitative estimate of drug-likeness (QED) is 0.816. The average Bonchev–Trinajstić information content (AvgIpc) is 2.68. The number of hydrogen-bond acceptors (Lipinski definition) is 4. The Morgan fingerprint density at radius 3 is 2.76 bits per heavy atom. The summed E-state index contributed by atoms with van der Waals surface area (Å²) in [5.74, 6) is 0.0540. The maximum atomic E-state index is 11.8. The standard InChI is InChI=1S/C12H21N3OS/c1-9(2)13-6-5-10(16)15-12(3,4)11-14-7-8-17-11/h7-9,13H,5-6H2,1-4H3,(H,15,16). The summed E-state index contributed by atoms with van der Waals surface area (Å²) in [6.07, 6.45) is 2.25. The first kappa shape index (κ1) is 14.1. The molecular weight excluding hydrogens is 234 g/mol. The Bertz CT molecular complexity index is 347. The molecule has 0 aliphatic rings. The molecule has 5 heteroatoms. The van der Waals surface area contributed by atoms with Crippen LogP contribution in [0.5, 0.6) is 0 Å². The minimum absolute atomic E-state index is 0.0540. The van der Waals surface area contributed by atoms with Gasteiger partial charge in [0.15, 0.2) is 0 Å². The summed E-state index contributed by atoms with van der Waals surface area (Å²) in [4.78, 5) is 16.0. The van der Waals surface area contributed by atoms with Crippen LogP contribution in [-0.4, -0.2) is 23.5 Å². The van der Waals surface area contributed by atoms with Crippen molar-refractivity contribution in [3.63, 3.8) is 0 Å². The van der Waals surface area contributed by atoms with Crippen LogP contribution in [0.2, 0.25) is 0 Å². The van der Waals surface area contributed by atoms with E-state index in [9.17, 15) is 4.79 Å². The first-order chi connectivity index (χ1) is 7.92. The maximum absolute atomic E-state index is 11.8. The summed E-state index contributed by atoms with van der Waals surface area (Å²) >= 11 is 1.56. The third-order valence-electron chi connectivity index (χ3n) is 2.32. The van der Waals surface area contributed by atoms with E-state index in [-0.39, 0.29) is 11.4 Å². The number of amides is 1. The Kier molecular flexibility index (Phi) is 5.08. The average molecular weight is 255 g/mol. The largest absolute Gasteiger partial charge is 0.345 e. The molecule has 0 saturated heterocycles. The van der Waals surface area contributed by atoms with Gasteiger partial charge in [0.05, 0.1) is 5.54 Å². The van der Waals surface area contributed by atoms with Crippen molar-refractivity contribution in [2.45, 2.75) is 45.7 Å². The van der Waals surface area contributed by atoms with Gasteiger partial charge in [-0.15, -0.1) is 11.3 Å². The van der Waals surface area contributed by atoms with Crippen molar-refractivity contribution in [1.29, 1.82) is 0 Å². The van der Waals surface area contributed by atoms with Gasteiger partial charge in [-0.1, -0.05) is 13.8 Å². The fourth-order valence-electron chi connectivity index (χ4n) is 1.47. The normalized spacial score (nSPS) is 11.8. The van der Waals surface area contributed by atoms with E-state index in [2.05, 4.69) is 29.5 Å². The predicted molar refractivity (Wildman–Crippen MR) is 71.0 cm³/mol. The van der Waals surface area contributed by atoms with Gasteiger partial charge in [0.1, 0.15) is 5.01 Å². The molecule has 4 nitrogen and oxygen atoms in total. The van der Waals surface area contributed by atoms with Crippen molar-refractivity contribution in [2.75, 3.05) is 6.54 Å². The lowest BCUT2D eigenvalue weighted by Crippen LogP contribution is -2.42. The zero-order valence-corrected chi connectivity index (χ0v) is 11.7. The second kappa shape index (κ2) is 6.12. The molecule has 0 atom stereocenters. The zero-order valence-electron chi connectivity index (χ0n) is 10.9. The Hall–Kier alpha value is -0.940. The SMILES string of the molecule is CC(C)NCCC(=O)NC(C)(C)c1nccs1. The summed E-state index contributed by atoms with van der Waals surface area (Å²) in [7, 11) is 0. The minimum atomic E-state index is -0.386. The van der Waals surface area contributed by atoms with E-state index >= 15 is 0 Å². The molecule has 0 aromatic carbocycles. The lowest BCUT2D eigenvalue weighted by Gasteiger charge is -2.24. The van der Waals surface area contributed by atoms with Crippen LogP contribution in [0, 0.1) is 0 Å². The summed E-state index contributed by atoms with van der Waals surface area (Å²) in [5.41, 5.74) is -0.386. The molecule has 0 bridgehead atoms. The molecule has 1 heterocycles. The third-order valence-corrected chi connectivity index (χ3v) is 3.42. The van der Waals surface area contributed by atoms with Crippen LogP contribution in [0.4, 0.5) is 0 Å². The van der Waals surface area contributed by atoms with E-state index in [1.807, 2.05) is 19.2 Å². The Morgan fingerprint density at radius 1 is 1.53 bits per heavy atom. The van der Waals surface area contributed by atoms with Gasteiger partial charge in [0, 0.05) is 30.6 Å². The Labute approximate surface area is 107 Å². The van der Waals surface area contributed by atoms with Crippen LogP contribution in [0.1, 0.15) is 39.1 Å². The molecule has 1 aromatic rings. The van der Waals surface area contributed by atoms with Gasteiger partial charge in [-0.05, 0) is 13.8 Å². The van der Waals surface area contributed by atoms with Crippen molar-refractivity contribution >= 4 is 17.2 Å². The van der Waals surface area contributed by atoms with Gasteiger partial charge in [-0.25, -0.2) is 4.98 Å². The van der Waals surface area contributed by atoms with E-state index in [0.29, 0.717) is 19.0 Å². The lowest BCUT2D eigenvalue weighted by atomic mass is 10.1. The van der Waals surface area contributed by atoms with E-state index in [4.69, 9.17) is 0 Å². The van der Waals surface area contributed by atoms with E-state index in [1.165, 1.54) is 0 Å². The molecule has 0 fully saturated rings. The fourth-order valence-corrected chi connectivity index (χ4v) is 2.19. The number of nitrogens with zero attached hydrogens (tertiary/aromatic N) is 1. The first-order valence-corrected chi connectivity index (χ1v) is 6.74. The van der Waals surface area contributed by atoms with Crippen molar-refractivity contribution in [2.24, 2.45) is 0 Å². The van der Waals surface area contributed by atoms with Gasteiger partial charge in [0.25, 0.3) is 0 Å². The fraction of sp³-hybridized carbons (Fsp3) is 0.667. The Balaban J connectivity index is 2.40. The molecule has 0 spiro atoms. The van der Waals surface area contributed by atoms with Gasteiger partial charge >= 0.3 is 0 Å². The highest BCUT2D eigenvalue weighted by Crippen LogP contribution is 2.21. The summed E-state index contributed by atoms with van der Waals surface area (Å²) in [6, 6.07) is 0.412. The first-order valence-electron chi connectivity index (χ1n) is 5.86. The molecular formula is C12H21N3OS. The molecule has 96 valence electrons. The van der Waals surface area contributed by atoms with Crippen LogP contribution >= 0.6 is 11.3 Å². The number of nitrogens with one attached hydrogen (secondary N) is 2. The van der Waals surface area contributed by atoms with Gasteiger partial charge in [-0.3, -0.25) is 4.79 Å². The molecule has 0 unspecified atom stereocenters. The second-order valence-corrected chi connectivity index (χ2v) is 5.76. The zero-order chi connectivity index (χ0) is 12.9. The van der Waals surface area contributed by atoms with E-state index in [1.54, 1.807) is 17.5 Å². The van der Waals surface area contributed by atoms with E-state index < -0.39 is 0 Å². The second-order valence-electron chi connectivity index (χ2n) is 4.87. The number of carbonyl (C=O) groups is 1. The highest BCUT2D eigenvalue weighted by molar-refractivity contribution is 7.09. The van der Waals surface area contributed by atoms with Crippen LogP contribution in [0.3, 0.4) is 0 Å².